The maximum absolute atomic E-state index is 12.9. The van der Waals surface area contributed by atoms with E-state index in [4.69, 9.17) is 8.83 Å². The summed E-state index contributed by atoms with van der Waals surface area (Å²) in [5.74, 6) is -0.446. The summed E-state index contributed by atoms with van der Waals surface area (Å²) in [6, 6.07) is 13.0. The second-order valence-electron chi connectivity index (χ2n) is 8.70. The topological polar surface area (TPSA) is 66.9 Å². The van der Waals surface area contributed by atoms with E-state index in [1.807, 2.05) is 47.4 Å². The lowest BCUT2D eigenvalue weighted by Crippen LogP contribution is -2.23. The van der Waals surface area contributed by atoms with E-state index in [1.165, 1.54) is 6.08 Å². The average molecular weight is 507 g/mol. The number of ketones is 1. The fourth-order valence-corrected chi connectivity index (χ4v) is 4.28. The molecule has 0 N–H and O–H groups in total. The molecule has 0 atom stereocenters. The highest BCUT2D eigenvalue weighted by Crippen LogP contribution is 2.28. The molecule has 2 aromatic carbocycles. The van der Waals surface area contributed by atoms with Crippen molar-refractivity contribution in [1.29, 1.82) is 0 Å². The Morgan fingerprint density at radius 3 is 1.97 bits per heavy atom. The summed E-state index contributed by atoms with van der Waals surface area (Å²) in [6.07, 6.45) is 11.8. The number of nitrogens with zero attached hydrogens (tertiary/aromatic N) is 2. The molecule has 0 aliphatic heterocycles. The van der Waals surface area contributed by atoms with Crippen LogP contribution in [-0.2, 0) is 0 Å². The predicted molar refractivity (Wildman–Crippen MR) is 157 cm³/mol. The summed E-state index contributed by atoms with van der Waals surface area (Å²) in [5.41, 5.74) is 2.96. The molecule has 0 spiro atoms. The fourth-order valence-electron chi connectivity index (χ4n) is 4.28. The van der Waals surface area contributed by atoms with Crippen LogP contribution < -0.4 is 15.4 Å². The molecular weight excluding hydrogens is 476 g/mol. The first-order valence-corrected chi connectivity index (χ1v) is 12.2. The Balaban J connectivity index is 1.58. The molecule has 192 valence electrons. The summed E-state index contributed by atoms with van der Waals surface area (Å²) in [7, 11) is 0. The quantitative estimate of drug-likeness (QED) is 0.0861. The third kappa shape index (κ3) is 5.60. The molecule has 0 aliphatic carbocycles. The molecule has 0 radical (unpaired) electrons. The van der Waals surface area contributed by atoms with Crippen molar-refractivity contribution in [3.63, 3.8) is 0 Å². The van der Waals surface area contributed by atoms with Crippen molar-refractivity contribution >= 4 is 45.2 Å². The molecular formula is C32H30N2O4. The summed E-state index contributed by atoms with van der Waals surface area (Å²) in [5, 5.41) is 1.52. The van der Waals surface area contributed by atoms with E-state index >= 15 is 0 Å². The molecule has 0 saturated carbocycles. The lowest BCUT2D eigenvalue weighted by atomic mass is 10.1. The van der Waals surface area contributed by atoms with Gasteiger partial charge in [-0.05, 0) is 42.5 Å². The molecule has 0 aliphatic rings. The molecule has 38 heavy (non-hydrogen) atoms. The highest BCUT2D eigenvalue weighted by molar-refractivity contribution is 6.08. The first-order chi connectivity index (χ1) is 18.5. The minimum Gasteiger partial charge on any atom is -0.464 e. The Morgan fingerprint density at radius 1 is 0.789 bits per heavy atom. The number of carbonyl (C=O) groups excluding carboxylic acids is 1. The number of hydrogen-bond acceptors (Lipinski definition) is 6. The maximum Gasteiger partial charge on any atom is 0.347 e. The summed E-state index contributed by atoms with van der Waals surface area (Å²) < 4.78 is 11.3. The van der Waals surface area contributed by atoms with Gasteiger partial charge >= 0.3 is 5.63 Å². The summed E-state index contributed by atoms with van der Waals surface area (Å²) >= 11 is 0. The van der Waals surface area contributed by atoms with Crippen molar-refractivity contribution in [1.82, 2.24) is 0 Å². The Hall–Kier alpha value is -4.84. The van der Waals surface area contributed by atoms with Crippen LogP contribution >= 0.6 is 0 Å². The van der Waals surface area contributed by atoms with Crippen LogP contribution in [0.5, 0.6) is 0 Å². The van der Waals surface area contributed by atoms with Crippen LogP contribution in [0.4, 0.5) is 11.4 Å². The van der Waals surface area contributed by atoms with Crippen molar-refractivity contribution in [3.8, 4) is 0 Å². The lowest BCUT2D eigenvalue weighted by Gasteiger charge is -2.21. The zero-order chi connectivity index (χ0) is 27.1. The van der Waals surface area contributed by atoms with E-state index in [-0.39, 0.29) is 5.56 Å². The zero-order valence-corrected chi connectivity index (χ0v) is 21.3. The molecule has 4 rings (SSSR count). The average Bonchev–Trinajstić information content (AvgIpc) is 3.33. The van der Waals surface area contributed by atoms with Crippen molar-refractivity contribution in [2.45, 2.75) is 0 Å². The molecule has 0 fully saturated rings. The zero-order valence-electron chi connectivity index (χ0n) is 21.3. The second-order valence-corrected chi connectivity index (χ2v) is 8.70. The number of anilines is 2. The van der Waals surface area contributed by atoms with Crippen molar-refractivity contribution in [2.24, 2.45) is 0 Å². The SMILES string of the molecule is C=CCN(CC=C)c1ccc2cc(C(=O)C=Cc3coc4cc(N(CC=C)CC=C)ccc34)c(=O)oc2c1. The number of benzene rings is 2. The van der Waals surface area contributed by atoms with Crippen molar-refractivity contribution in [3.05, 3.63) is 127 Å². The van der Waals surface area contributed by atoms with Gasteiger partial charge in [0.05, 0.1) is 6.26 Å². The first kappa shape index (κ1) is 26.2. The largest absolute Gasteiger partial charge is 0.464 e. The smallest absolute Gasteiger partial charge is 0.347 e. The van der Waals surface area contributed by atoms with Crippen LogP contribution in [0.25, 0.3) is 28.0 Å². The van der Waals surface area contributed by atoms with Gasteiger partial charge in [0.25, 0.3) is 0 Å². The van der Waals surface area contributed by atoms with Gasteiger partial charge in [0.1, 0.15) is 16.7 Å². The number of allylic oxidation sites excluding steroid dienone is 1. The van der Waals surface area contributed by atoms with E-state index in [0.717, 1.165) is 22.3 Å². The molecule has 2 aromatic heterocycles. The number of carbonyl (C=O) groups is 1. The van der Waals surface area contributed by atoms with Crippen LogP contribution in [0, 0.1) is 0 Å². The highest BCUT2D eigenvalue weighted by atomic mass is 16.4. The van der Waals surface area contributed by atoms with Gasteiger partial charge in [-0.2, -0.15) is 0 Å². The van der Waals surface area contributed by atoms with Gasteiger partial charge in [0.2, 0.25) is 0 Å². The molecule has 0 saturated heterocycles. The van der Waals surface area contributed by atoms with E-state index in [1.54, 1.807) is 36.6 Å². The number of hydrogen-bond donors (Lipinski definition) is 0. The number of fused-ring (bicyclic) bond motifs is 2. The van der Waals surface area contributed by atoms with E-state index in [0.29, 0.717) is 42.7 Å². The second kappa shape index (κ2) is 11.9. The molecule has 0 unspecified atom stereocenters. The van der Waals surface area contributed by atoms with Crippen LogP contribution in [-0.4, -0.2) is 32.0 Å². The van der Waals surface area contributed by atoms with Gasteiger partial charge in [-0.3, -0.25) is 4.79 Å². The fraction of sp³-hybridized carbons (Fsp3) is 0.125. The molecule has 6 heteroatoms. The Morgan fingerprint density at radius 2 is 1.37 bits per heavy atom. The van der Waals surface area contributed by atoms with Crippen LogP contribution in [0.2, 0.25) is 0 Å². The molecule has 2 heterocycles. The van der Waals surface area contributed by atoms with Crippen LogP contribution in [0.1, 0.15) is 15.9 Å². The number of rotatable bonds is 13. The monoisotopic (exact) mass is 506 g/mol. The van der Waals surface area contributed by atoms with E-state index in [9.17, 15) is 9.59 Å². The predicted octanol–water partition coefficient (Wildman–Crippen LogP) is 6.79. The van der Waals surface area contributed by atoms with Crippen LogP contribution in [0.15, 0.2) is 119 Å². The first-order valence-electron chi connectivity index (χ1n) is 12.2. The lowest BCUT2D eigenvalue weighted by molar-refractivity contribution is 0.104. The van der Waals surface area contributed by atoms with Gasteiger partial charge in [-0.15, -0.1) is 26.3 Å². The Labute approximate surface area is 221 Å². The van der Waals surface area contributed by atoms with Gasteiger partial charge in [-0.1, -0.05) is 24.3 Å². The standard InChI is InChI=1S/C32H30N2O4/c1-5-15-33(16-6-2)25-11-9-23-19-28(32(36)38-30(23)20-25)29(35)14-10-24-22-37-31-21-26(12-13-27(24)31)34(17-7-3)18-8-4/h5-14,19-22H,1-4,15-18H2. The van der Waals surface area contributed by atoms with Gasteiger partial charge < -0.3 is 18.6 Å². The highest BCUT2D eigenvalue weighted by Gasteiger charge is 2.14. The van der Waals surface area contributed by atoms with Gasteiger partial charge in [-0.25, -0.2) is 4.79 Å². The number of furan rings is 1. The van der Waals surface area contributed by atoms with Crippen LogP contribution in [0.3, 0.4) is 0 Å². The molecule has 0 amide bonds. The molecule has 6 nitrogen and oxygen atoms in total. The van der Waals surface area contributed by atoms with E-state index < -0.39 is 11.4 Å². The minimum absolute atomic E-state index is 0.0323. The Kier molecular flexibility index (Phi) is 8.23. The van der Waals surface area contributed by atoms with Gasteiger partial charge in [0, 0.05) is 66.0 Å². The van der Waals surface area contributed by atoms with E-state index in [2.05, 4.69) is 31.2 Å². The van der Waals surface area contributed by atoms with Gasteiger partial charge in [0.15, 0.2) is 5.78 Å². The molecule has 4 aromatic rings. The minimum atomic E-state index is -0.686. The summed E-state index contributed by atoms with van der Waals surface area (Å²) in [6.45, 7) is 17.8. The third-order valence-corrected chi connectivity index (χ3v) is 6.12. The third-order valence-electron chi connectivity index (χ3n) is 6.12. The van der Waals surface area contributed by atoms with Crippen molar-refractivity contribution < 1.29 is 13.6 Å². The summed E-state index contributed by atoms with van der Waals surface area (Å²) in [4.78, 5) is 29.8. The molecule has 0 bridgehead atoms. The van der Waals surface area contributed by atoms with Crippen molar-refractivity contribution in [2.75, 3.05) is 36.0 Å². The Bertz CT molecular complexity index is 1590. The maximum atomic E-state index is 12.9. The normalized spacial score (nSPS) is 11.1.